The zero-order valence-electron chi connectivity index (χ0n) is 15.2. The summed E-state index contributed by atoms with van der Waals surface area (Å²) in [4.78, 5) is 12.9. The summed E-state index contributed by atoms with van der Waals surface area (Å²) in [7, 11) is 1.53. The Morgan fingerprint density at radius 1 is 1.04 bits per heavy atom. The smallest absolute Gasteiger partial charge is 0.281 e. The second-order valence-electron chi connectivity index (χ2n) is 6.04. The standard InChI is InChI=1S/C22H19ClN2O3/c1-28-20-13-12-16(14-19(20)23)15-24-25-21(26)22(27,17-8-4-2-5-9-17)18-10-6-3-7-11-18/h2-15,27H,1H3,(H,25,26)/b24-15-. The highest BCUT2D eigenvalue weighted by atomic mass is 35.5. The van der Waals surface area contributed by atoms with E-state index in [9.17, 15) is 9.90 Å². The number of amides is 1. The van der Waals surface area contributed by atoms with Crippen LogP contribution in [-0.4, -0.2) is 24.3 Å². The van der Waals surface area contributed by atoms with Crippen molar-refractivity contribution in [2.75, 3.05) is 7.11 Å². The molecule has 3 aromatic carbocycles. The van der Waals surface area contributed by atoms with Crippen molar-refractivity contribution < 1.29 is 14.6 Å². The summed E-state index contributed by atoms with van der Waals surface area (Å²) in [5.41, 5.74) is 2.11. The molecule has 0 spiro atoms. The van der Waals surface area contributed by atoms with Crippen LogP contribution in [0.5, 0.6) is 5.75 Å². The van der Waals surface area contributed by atoms with Crippen LogP contribution in [0.15, 0.2) is 84.0 Å². The number of hydrazone groups is 1. The first-order valence-corrected chi connectivity index (χ1v) is 8.94. The minimum Gasteiger partial charge on any atom is -0.495 e. The van der Waals surface area contributed by atoms with Crippen molar-refractivity contribution in [1.82, 2.24) is 5.43 Å². The maximum Gasteiger partial charge on any atom is 0.281 e. The summed E-state index contributed by atoms with van der Waals surface area (Å²) in [6.45, 7) is 0. The number of carbonyl (C=O) groups is 1. The molecule has 0 aliphatic heterocycles. The number of carbonyl (C=O) groups excluding carboxylic acids is 1. The Hall–Kier alpha value is -3.15. The van der Waals surface area contributed by atoms with Crippen molar-refractivity contribution in [3.63, 3.8) is 0 Å². The molecule has 142 valence electrons. The van der Waals surface area contributed by atoms with Gasteiger partial charge >= 0.3 is 0 Å². The Morgan fingerprint density at radius 2 is 1.61 bits per heavy atom. The molecule has 28 heavy (non-hydrogen) atoms. The highest BCUT2D eigenvalue weighted by Gasteiger charge is 2.39. The number of nitrogens with one attached hydrogen (secondary N) is 1. The van der Waals surface area contributed by atoms with Gasteiger partial charge in [0, 0.05) is 0 Å². The van der Waals surface area contributed by atoms with Crippen molar-refractivity contribution in [3.8, 4) is 5.75 Å². The van der Waals surface area contributed by atoms with Gasteiger partial charge in [0.25, 0.3) is 5.91 Å². The van der Waals surface area contributed by atoms with Crippen LogP contribution in [0.3, 0.4) is 0 Å². The van der Waals surface area contributed by atoms with Crippen molar-refractivity contribution in [2.45, 2.75) is 5.60 Å². The van der Waals surface area contributed by atoms with E-state index in [4.69, 9.17) is 16.3 Å². The van der Waals surface area contributed by atoms with Gasteiger partial charge in [-0.05, 0) is 34.9 Å². The molecule has 0 bridgehead atoms. The van der Waals surface area contributed by atoms with Gasteiger partial charge < -0.3 is 9.84 Å². The normalized spacial score (nSPS) is 11.4. The zero-order valence-corrected chi connectivity index (χ0v) is 15.9. The van der Waals surface area contributed by atoms with Gasteiger partial charge in [-0.25, -0.2) is 5.43 Å². The Balaban J connectivity index is 1.86. The van der Waals surface area contributed by atoms with Gasteiger partial charge in [-0.15, -0.1) is 0 Å². The Labute approximate surface area is 168 Å². The van der Waals surface area contributed by atoms with E-state index in [1.54, 1.807) is 66.7 Å². The number of benzene rings is 3. The number of rotatable bonds is 6. The minimum atomic E-state index is -1.88. The largest absolute Gasteiger partial charge is 0.495 e. The predicted octanol–water partition coefficient (Wildman–Crippen LogP) is 3.73. The van der Waals surface area contributed by atoms with Gasteiger partial charge in [-0.1, -0.05) is 72.3 Å². The average molecular weight is 395 g/mol. The summed E-state index contributed by atoms with van der Waals surface area (Å²) in [5, 5.41) is 15.7. The van der Waals surface area contributed by atoms with E-state index in [0.717, 1.165) is 0 Å². The predicted molar refractivity (Wildman–Crippen MR) is 110 cm³/mol. The monoisotopic (exact) mass is 394 g/mol. The number of hydrogen-bond donors (Lipinski definition) is 2. The summed E-state index contributed by atoms with van der Waals surface area (Å²) < 4.78 is 5.11. The third-order valence-corrected chi connectivity index (χ3v) is 4.56. The van der Waals surface area contributed by atoms with Crippen LogP contribution >= 0.6 is 11.6 Å². The third-order valence-electron chi connectivity index (χ3n) is 4.27. The molecule has 0 heterocycles. The lowest BCUT2D eigenvalue weighted by molar-refractivity contribution is -0.136. The van der Waals surface area contributed by atoms with E-state index in [0.29, 0.717) is 27.5 Å². The highest BCUT2D eigenvalue weighted by Crippen LogP contribution is 2.30. The maximum atomic E-state index is 12.9. The van der Waals surface area contributed by atoms with Crippen molar-refractivity contribution in [1.29, 1.82) is 0 Å². The first-order chi connectivity index (χ1) is 13.6. The topological polar surface area (TPSA) is 70.9 Å². The molecule has 0 unspecified atom stereocenters. The molecule has 0 radical (unpaired) electrons. The van der Waals surface area contributed by atoms with Crippen LogP contribution in [0.25, 0.3) is 0 Å². The Morgan fingerprint density at radius 3 is 2.11 bits per heavy atom. The van der Waals surface area contributed by atoms with E-state index in [1.165, 1.54) is 13.3 Å². The number of aliphatic hydroxyl groups is 1. The molecule has 6 heteroatoms. The van der Waals surface area contributed by atoms with Crippen LogP contribution in [0.1, 0.15) is 16.7 Å². The van der Waals surface area contributed by atoms with Crippen LogP contribution in [0.4, 0.5) is 0 Å². The lowest BCUT2D eigenvalue weighted by Crippen LogP contribution is -2.43. The van der Waals surface area contributed by atoms with Gasteiger partial charge in [0.2, 0.25) is 0 Å². The molecule has 0 aliphatic carbocycles. The van der Waals surface area contributed by atoms with E-state index >= 15 is 0 Å². The lowest BCUT2D eigenvalue weighted by Gasteiger charge is -2.27. The quantitative estimate of drug-likeness (QED) is 0.494. The molecular weight excluding hydrogens is 376 g/mol. The van der Waals surface area contributed by atoms with Crippen LogP contribution in [0, 0.1) is 0 Å². The average Bonchev–Trinajstić information content (AvgIpc) is 2.74. The molecule has 0 aromatic heterocycles. The molecule has 3 aromatic rings. The third kappa shape index (κ3) is 4.06. The van der Waals surface area contributed by atoms with Crippen LogP contribution in [0.2, 0.25) is 5.02 Å². The molecule has 1 amide bonds. The maximum absolute atomic E-state index is 12.9. The molecule has 3 rings (SSSR count). The SMILES string of the molecule is COc1ccc(/C=N\NC(=O)C(O)(c2ccccc2)c2ccccc2)cc1Cl. The van der Waals surface area contributed by atoms with Crippen molar-refractivity contribution in [2.24, 2.45) is 5.10 Å². The minimum absolute atomic E-state index is 0.433. The molecular formula is C22H19ClN2O3. The summed E-state index contributed by atoms with van der Waals surface area (Å²) >= 11 is 6.09. The van der Waals surface area contributed by atoms with Gasteiger partial charge in [0.05, 0.1) is 18.3 Å². The number of methoxy groups -OCH3 is 1. The van der Waals surface area contributed by atoms with Gasteiger partial charge in [0.15, 0.2) is 5.60 Å². The molecule has 0 saturated heterocycles. The number of halogens is 1. The van der Waals surface area contributed by atoms with E-state index in [-0.39, 0.29) is 0 Å². The fourth-order valence-electron chi connectivity index (χ4n) is 2.80. The van der Waals surface area contributed by atoms with Crippen LogP contribution in [-0.2, 0) is 10.4 Å². The second kappa shape index (κ2) is 8.69. The fourth-order valence-corrected chi connectivity index (χ4v) is 3.06. The van der Waals surface area contributed by atoms with Crippen molar-refractivity contribution in [3.05, 3.63) is 101 Å². The van der Waals surface area contributed by atoms with Crippen molar-refractivity contribution >= 4 is 23.7 Å². The first-order valence-electron chi connectivity index (χ1n) is 8.56. The summed E-state index contributed by atoms with van der Waals surface area (Å²) in [5.74, 6) is -0.119. The Kier molecular flexibility index (Phi) is 6.09. The summed E-state index contributed by atoms with van der Waals surface area (Å²) in [6, 6.07) is 22.6. The van der Waals surface area contributed by atoms with Gasteiger partial charge in [0.1, 0.15) is 5.75 Å². The highest BCUT2D eigenvalue weighted by molar-refractivity contribution is 6.32. The van der Waals surface area contributed by atoms with Gasteiger partial charge in [-0.3, -0.25) is 4.79 Å². The summed E-state index contributed by atoms with van der Waals surface area (Å²) in [6.07, 6.45) is 1.44. The second-order valence-corrected chi connectivity index (χ2v) is 6.44. The molecule has 2 N–H and O–H groups in total. The Bertz CT molecular complexity index is 936. The van der Waals surface area contributed by atoms with E-state index < -0.39 is 11.5 Å². The van der Waals surface area contributed by atoms with Crippen LogP contribution < -0.4 is 10.2 Å². The zero-order chi connectivity index (χ0) is 20.0. The first kappa shape index (κ1) is 19.6. The molecule has 0 atom stereocenters. The fraction of sp³-hybridized carbons (Fsp3) is 0.0909. The molecule has 0 fully saturated rings. The lowest BCUT2D eigenvalue weighted by atomic mass is 9.85. The van der Waals surface area contributed by atoms with E-state index in [1.807, 2.05) is 12.1 Å². The molecule has 0 aliphatic rings. The molecule has 0 saturated carbocycles. The van der Waals surface area contributed by atoms with E-state index in [2.05, 4.69) is 10.5 Å². The number of ether oxygens (including phenoxy) is 1. The number of hydrogen-bond acceptors (Lipinski definition) is 4. The van der Waals surface area contributed by atoms with Gasteiger partial charge in [-0.2, -0.15) is 5.10 Å². The molecule has 5 nitrogen and oxygen atoms in total. The number of nitrogens with zero attached hydrogens (tertiary/aromatic N) is 1.